The van der Waals surface area contributed by atoms with E-state index in [0.29, 0.717) is 12.0 Å². The Morgan fingerprint density at radius 1 is 0.821 bits per heavy atom. The highest BCUT2D eigenvalue weighted by atomic mass is 32.2. The van der Waals surface area contributed by atoms with Crippen molar-refractivity contribution in [2.45, 2.75) is 22.6 Å². The summed E-state index contributed by atoms with van der Waals surface area (Å²) in [6.07, 6.45) is 3.32. The first kappa shape index (κ1) is 26.3. The number of carbonyl (C=O) groups is 1. The fraction of sp³-hybridized carbons (Fsp3) is 0.156. The molecular formula is C32H27NO5S. The summed E-state index contributed by atoms with van der Waals surface area (Å²) in [4.78, 5) is 23.8. The van der Waals surface area contributed by atoms with E-state index in [1.54, 1.807) is 0 Å². The van der Waals surface area contributed by atoms with Crippen LogP contribution in [-0.4, -0.2) is 25.4 Å². The number of hydrogen-bond donors (Lipinski definition) is 0. The van der Waals surface area contributed by atoms with Gasteiger partial charge in [-0.05, 0) is 40.7 Å². The third-order valence-electron chi connectivity index (χ3n) is 7.56. The lowest BCUT2D eigenvalue weighted by molar-refractivity contribution is -0.387. The summed E-state index contributed by atoms with van der Waals surface area (Å²) in [7, 11) is -4.24. The molecular weight excluding hydrogens is 510 g/mol. The molecule has 4 aromatic rings. The summed E-state index contributed by atoms with van der Waals surface area (Å²) in [5.41, 5.74) is 1.69. The van der Waals surface area contributed by atoms with Gasteiger partial charge in [0.25, 0.3) is 5.69 Å². The molecule has 39 heavy (non-hydrogen) atoms. The van der Waals surface area contributed by atoms with Gasteiger partial charge < -0.3 is 4.79 Å². The molecule has 0 fully saturated rings. The van der Waals surface area contributed by atoms with Gasteiger partial charge in [-0.1, -0.05) is 109 Å². The fourth-order valence-electron chi connectivity index (χ4n) is 5.79. The maximum atomic E-state index is 14.1. The first-order valence-corrected chi connectivity index (χ1v) is 14.3. The summed E-state index contributed by atoms with van der Waals surface area (Å²) in [5.74, 6) is -1.56. The number of carbonyl (C=O) groups excluding carboxylic acids is 1. The van der Waals surface area contributed by atoms with Crippen molar-refractivity contribution in [1.82, 2.24) is 0 Å². The Hall–Kier alpha value is -4.36. The van der Waals surface area contributed by atoms with E-state index in [-0.39, 0.29) is 10.8 Å². The summed E-state index contributed by atoms with van der Waals surface area (Å²) >= 11 is 0. The van der Waals surface area contributed by atoms with Gasteiger partial charge in [-0.15, -0.1) is 0 Å². The Balaban J connectivity index is 1.79. The van der Waals surface area contributed by atoms with Gasteiger partial charge in [0.05, 0.1) is 10.7 Å². The fourth-order valence-corrected chi connectivity index (χ4v) is 7.77. The van der Waals surface area contributed by atoms with Crippen LogP contribution in [0.1, 0.15) is 29.0 Å². The Labute approximate surface area is 227 Å². The van der Waals surface area contributed by atoms with E-state index in [1.807, 2.05) is 97.1 Å². The van der Waals surface area contributed by atoms with Gasteiger partial charge in [0.2, 0.25) is 0 Å². The molecule has 0 amide bonds. The molecule has 0 saturated heterocycles. The first-order chi connectivity index (χ1) is 18.9. The number of sulfone groups is 1. The van der Waals surface area contributed by atoms with Crippen LogP contribution in [0.5, 0.6) is 0 Å². The van der Waals surface area contributed by atoms with E-state index < -0.39 is 37.5 Å². The topological polar surface area (TPSA) is 94.3 Å². The molecule has 1 aliphatic rings. The molecule has 7 heteroatoms. The zero-order chi connectivity index (χ0) is 27.5. The minimum atomic E-state index is -4.24. The van der Waals surface area contributed by atoms with E-state index in [2.05, 4.69) is 0 Å². The highest BCUT2D eigenvalue weighted by molar-refractivity contribution is 7.91. The SMILES string of the molecule is O=C[C@@H]1[C@@H](c2ccccc2)CC(c2ccccc2)=C[C@@]1(CS(=O)(=O)c1ccccc1[N+](=O)[O-])c1ccccc1. The van der Waals surface area contributed by atoms with E-state index in [1.165, 1.54) is 24.3 Å². The van der Waals surface area contributed by atoms with Crippen LogP contribution in [0.4, 0.5) is 5.69 Å². The Morgan fingerprint density at radius 3 is 2.00 bits per heavy atom. The third-order valence-corrected chi connectivity index (χ3v) is 9.43. The van der Waals surface area contributed by atoms with Crippen molar-refractivity contribution in [2.24, 2.45) is 5.92 Å². The number of aldehydes is 1. The quantitative estimate of drug-likeness (QED) is 0.147. The monoisotopic (exact) mass is 537 g/mol. The largest absolute Gasteiger partial charge is 0.303 e. The predicted octanol–water partition coefficient (Wildman–Crippen LogP) is 6.39. The number of allylic oxidation sites excluding steroid dienone is 2. The molecule has 0 radical (unpaired) electrons. The molecule has 0 N–H and O–H groups in total. The number of benzene rings is 4. The van der Waals surface area contributed by atoms with E-state index in [0.717, 1.165) is 23.0 Å². The van der Waals surface area contributed by atoms with Crippen LogP contribution < -0.4 is 0 Å². The molecule has 0 saturated carbocycles. The lowest BCUT2D eigenvalue weighted by atomic mass is 9.59. The van der Waals surface area contributed by atoms with E-state index >= 15 is 0 Å². The van der Waals surface area contributed by atoms with Crippen LogP contribution in [0.15, 0.2) is 126 Å². The molecule has 3 atom stereocenters. The number of nitrogens with zero attached hydrogens (tertiary/aromatic N) is 1. The van der Waals surface area contributed by atoms with Crippen LogP contribution in [-0.2, 0) is 20.0 Å². The second-order valence-corrected chi connectivity index (χ2v) is 11.8. The van der Waals surface area contributed by atoms with Crippen LogP contribution >= 0.6 is 0 Å². The number of para-hydroxylation sites is 1. The standard InChI is InChI=1S/C32H27NO5S/c34-22-29-28(25-14-6-2-7-15-25)20-26(24-12-4-1-5-13-24)21-32(29,27-16-8-3-9-17-27)23-39(37,38)31-19-11-10-18-30(31)33(35)36/h1-19,21-22,28-29H,20,23H2/t28-,29-,32-/m1/s1. The molecule has 0 bridgehead atoms. The zero-order valence-corrected chi connectivity index (χ0v) is 21.9. The third kappa shape index (κ3) is 5.05. The van der Waals surface area contributed by atoms with Crippen molar-refractivity contribution in [2.75, 3.05) is 5.75 Å². The van der Waals surface area contributed by atoms with Gasteiger partial charge in [0.1, 0.15) is 11.2 Å². The molecule has 196 valence electrons. The number of hydrogen-bond acceptors (Lipinski definition) is 5. The normalized spacial score (nSPS) is 21.1. The minimum Gasteiger partial charge on any atom is -0.303 e. The second kappa shape index (κ2) is 10.8. The Kier molecular flexibility index (Phi) is 7.26. The van der Waals surface area contributed by atoms with Gasteiger partial charge in [-0.25, -0.2) is 8.42 Å². The van der Waals surface area contributed by atoms with Crippen molar-refractivity contribution in [3.05, 3.63) is 148 Å². The number of rotatable bonds is 8. The van der Waals surface area contributed by atoms with Gasteiger partial charge in [-0.3, -0.25) is 10.1 Å². The molecule has 0 spiro atoms. The molecule has 0 unspecified atom stereocenters. The van der Waals surface area contributed by atoms with Crippen LogP contribution in [0.3, 0.4) is 0 Å². The van der Waals surface area contributed by atoms with Gasteiger partial charge in [-0.2, -0.15) is 0 Å². The molecule has 0 aromatic heterocycles. The van der Waals surface area contributed by atoms with Crippen molar-refractivity contribution < 1.29 is 18.1 Å². The van der Waals surface area contributed by atoms with Crippen molar-refractivity contribution in [3.63, 3.8) is 0 Å². The Bertz CT molecular complexity index is 1620. The van der Waals surface area contributed by atoms with Crippen molar-refractivity contribution >= 4 is 27.4 Å². The highest BCUT2D eigenvalue weighted by Crippen LogP contribution is 2.52. The van der Waals surface area contributed by atoms with Crippen LogP contribution in [0, 0.1) is 16.0 Å². The van der Waals surface area contributed by atoms with E-state index in [4.69, 9.17) is 0 Å². The predicted molar refractivity (Wildman–Crippen MR) is 151 cm³/mol. The van der Waals surface area contributed by atoms with Crippen molar-refractivity contribution in [3.8, 4) is 0 Å². The number of nitro groups is 1. The molecule has 4 aromatic carbocycles. The zero-order valence-electron chi connectivity index (χ0n) is 21.1. The first-order valence-electron chi connectivity index (χ1n) is 12.6. The van der Waals surface area contributed by atoms with Crippen LogP contribution in [0.2, 0.25) is 0 Å². The maximum Gasteiger partial charge on any atom is 0.287 e. The summed E-state index contributed by atoms with van der Waals surface area (Å²) < 4.78 is 28.2. The minimum absolute atomic E-state index is 0.315. The lowest BCUT2D eigenvalue weighted by Gasteiger charge is -2.45. The second-order valence-electron chi connectivity index (χ2n) is 9.81. The molecule has 5 rings (SSSR count). The van der Waals surface area contributed by atoms with Gasteiger partial charge in [0, 0.05) is 17.4 Å². The summed E-state index contributed by atoms with van der Waals surface area (Å²) in [6.45, 7) is 0. The average molecular weight is 538 g/mol. The van der Waals surface area contributed by atoms with Crippen LogP contribution in [0.25, 0.3) is 5.57 Å². The molecule has 0 aliphatic heterocycles. The van der Waals surface area contributed by atoms with Gasteiger partial charge in [0.15, 0.2) is 9.84 Å². The molecule has 6 nitrogen and oxygen atoms in total. The smallest absolute Gasteiger partial charge is 0.287 e. The highest BCUT2D eigenvalue weighted by Gasteiger charge is 2.50. The Morgan fingerprint density at radius 2 is 1.38 bits per heavy atom. The molecule has 1 aliphatic carbocycles. The maximum absolute atomic E-state index is 14.1. The number of nitro benzene ring substituents is 1. The lowest BCUT2D eigenvalue weighted by Crippen LogP contribution is -2.46. The summed E-state index contributed by atoms with van der Waals surface area (Å²) in [6, 6.07) is 33.9. The molecule has 0 heterocycles. The van der Waals surface area contributed by atoms with E-state index in [9.17, 15) is 23.3 Å². The summed E-state index contributed by atoms with van der Waals surface area (Å²) in [5, 5.41) is 11.8. The average Bonchev–Trinajstić information content (AvgIpc) is 2.98. The van der Waals surface area contributed by atoms with Gasteiger partial charge >= 0.3 is 0 Å². The van der Waals surface area contributed by atoms with Crippen molar-refractivity contribution in [1.29, 1.82) is 0 Å².